The largest absolute Gasteiger partial charge is 0.297 e. The third kappa shape index (κ3) is 5.02. The zero-order valence-electron chi connectivity index (χ0n) is 11.4. The summed E-state index contributed by atoms with van der Waals surface area (Å²) < 4.78 is 0. The van der Waals surface area contributed by atoms with Crippen molar-refractivity contribution < 1.29 is 0 Å². The molecular weight excluding hydrogens is 224 g/mol. The van der Waals surface area contributed by atoms with Crippen molar-refractivity contribution in [3.8, 4) is 0 Å². The summed E-state index contributed by atoms with van der Waals surface area (Å²) in [6.07, 6.45) is 1.26. The number of rotatable bonds is 8. The van der Waals surface area contributed by atoms with Gasteiger partial charge < -0.3 is 0 Å². The molecule has 0 aliphatic carbocycles. The predicted octanol–water partition coefficient (Wildman–Crippen LogP) is 1.79. The van der Waals surface area contributed by atoms with Crippen molar-refractivity contribution in [1.82, 2.24) is 10.2 Å². The number of hydrogen-bond acceptors (Lipinski definition) is 2. The van der Waals surface area contributed by atoms with E-state index >= 15 is 0 Å². The van der Waals surface area contributed by atoms with Gasteiger partial charge in [0.15, 0.2) is 0 Å². The molecular formula is C14H26N2Si. The molecule has 1 rings (SSSR count). The van der Waals surface area contributed by atoms with Gasteiger partial charge in [-0.05, 0) is 25.1 Å². The van der Waals surface area contributed by atoms with Crippen LogP contribution < -0.4 is 5.32 Å². The van der Waals surface area contributed by atoms with Gasteiger partial charge >= 0.3 is 0 Å². The molecule has 0 aromatic heterocycles. The Morgan fingerprint density at radius 2 is 1.82 bits per heavy atom. The van der Waals surface area contributed by atoms with Crippen LogP contribution in [0.4, 0.5) is 0 Å². The second-order valence-electron chi connectivity index (χ2n) is 4.42. The fourth-order valence-electron chi connectivity index (χ4n) is 2.05. The number of nitrogens with one attached hydrogen (secondary N) is 1. The second kappa shape index (κ2) is 8.45. The van der Waals surface area contributed by atoms with E-state index in [0.717, 1.165) is 19.8 Å². The second-order valence-corrected chi connectivity index (χ2v) is 5.42. The van der Waals surface area contributed by atoms with Crippen LogP contribution in [0.3, 0.4) is 0 Å². The smallest absolute Gasteiger partial charge is 0.0484 e. The monoisotopic (exact) mass is 250 g/mol. The average molecular weight is 250 g/mol. The van der Waals surface area contributed by atoms with E-state index in [9.17, 15) is 0 Å². The summed E-state index contributed by atoms with van der Waals surface area (Å²) in [6, 6.07) is 12.7. The molecule has 1 aromatic carbocycles. The summed E-state index contributed by atoms with van der Waals surface area (Å²) >= 11 is 0. The standard InChI is InChI=1S/C14H26N2Si/c1-3-16(4-2)12-15-14(10-11-17)13-8-6-5-7-9-13/h5-9,14-15H,3-4,10-12H2,1-2,17H3. The lowest BCUT2D eigenvalue weighted by Gasteiger charge is -2.24. The molecule has 1 aromatic rings. The first-order valence-electron chi connectivity index (χ1n) is 6.82. The third-order valence-corrected chi connectivity index (χ3v) is 3.81. The Bertz CT molecular complexity index is 286. The van der Waals surface area contributed by atoms with Gasteiger partial charge in [0.1, 0.15) is 0 Å². The minimum absolute atomic E-state index is 0.522. The average Bonchev–Trinajstić information content (AvgIpc) is 2.39. The van der Waals surface area contributed by atoms with Gasteiger partial charge in [-0.3, -0.25) is 10.2 Å². The van der Waals surface area contributed by atoms with Gasteiger partial charge in [0.05, 0.1) is 0 Å². The van der Waals surface area contributed by atoms with Crippen LogP contribution in [-0.2, 0) is 0 Å². The predicted molar refractivity (Wildman–Crippen MR) is 79.5 cm³/mol. The Hall–Kier alpha value is -0.643. The fourth-order valence-corrected chi connectivity index (χ4v) is 2.62. The Kier molecular flexibility index (Phi) is 7.16. The molecule has 1 atom stereocenters. The van der Waals surface area contributed by atoms with Crippen molar-refractivity contribution in [3.63, 3.8) is 0 Å². The highest BCUT2D eigenvalue weighted by Gasteiger charge is 2.10. The molecule has 0 saturated heterocycles. The Balaban J connectivity index is 2.55. The van der Waals surface area contributed by atoms with Gasteiger partial charge in [-0.15, -0.1) is 0 Å². The van der Waals surface area contributed by atoms with E-state index in [4.69, 9.17) is 0 Å². The molecule has 0 radical (unpaired) electrons. The first kappa shape index (κ1) is 14.4. The molecule has 1 unspecified atom stereocenters. The normalized spacial score (nSPS) is 13.1. The van der Waals surface area contributed by atoms with E-state index in [1.165, 1.54) is 28.3 Å². The molecule has 1 N–H and O–H groups in total. The van der Waals surface area contributed by atoms with E-state index in [1.54, 1.807) is 0 Å². The molecule has 0 heterocycles. The minimum Gasteiger partial charge on any atom is -0.297 e. The molecule has 3 heteroatoms. The molecule has 0 amide bonds. The van der Waals surface area contributed by atoms with Gasteiger partial charge in [0.2, 0.25) is 0 Å². The zero-order valence-corrected chi connectivity index (χ0v) is 13.4. The molecule has 96 valence electrons. The summed E-state index contributed by atoms with van der Waals surface area (Å²) in [5.74, 6) is 0. The maximum Gasteiger partial charge on any atom is 0.0484 e. The van der Waals surface area contributed by atoms with Crippen molar-refractivity contribution in [2.45, 2.75) is 32.4 Å². The molecule has 0 fully saturated rings. The summed E-state index contributed by atoms with van der Waals surface area (Å²) in [5, 5.41) is 3.69. The van der Waals surface area contributed by atoms with Gasteiger partial charge in [-0.2, -0.15) is 0 Å². The van der Waals surface area contributed by atoms with E-state index in [0.29, 0.717) is 6.04 Å². The van der Waals surface area contributed by atoms with Crippen LogP contribution in [0.2, 0.25) is 6.04 Å². The lowest BCUT2D eigenvalue weighted by Crippen LogP contribution is -2.36. The van der Waals surface area contributed by atoms with Crippen LogP contribution in [0.1, 0.15) is 31.9 Å². The van der Waals surface area contributed by atoms with Crippen LogP contribution in [-0.4, -0.2) is 34.9 Å². The number of hydrogen-bond donors (Lipinski definition) is 1. The van der Waals surface area contributed by atoms with E-state index in [1.807, 2.05) is 0 Å². The quantitative estimate of drug-likeness (QED) is 0.559. The van der Waals surface area contributed by atoms with Crippen molar-refractivity contribution in [2.24, 2.45) is 0 Å². The number of nitrogens with zero attached hydrogens (tertiary/aromatic N) is 1. The van der Waals surface area contributed by atoms with E-state index in [-0.39, 0.29) is 0 Å². The third-order valence-electron chi connectivity index (χ3n) is 3.24. The molecule has 0 aliphatic heterocycles. The zero-order chi connectivity index (χ0) is 12.5. The molecule has 0 saturated carbocycles. The van der Waals surface area contributed by atoms with Crippen LogP contribution >= 0.6 is 0 Å². The van der Waals surface area contributed by atoms with Crippen molar-refractivity contribution >= 4 is 10.2 Å². The van der Waals surface area contributed by atoms with Gasteiger partial charge in [-0.25, -0.2) is 0 Å². The van der Waals surface area contributed by atoms with Gasteiger partial charge in [-0.1, -0.05) is 50.2 Å². The molecule has 17 heavy (non-hydrogen) atoms. The first-order valence-corrected chi connectivity index (χ1v) is 8.23. The molecule has 0 spiro atoms. The van der Waals surface area contributed by atoms with E-state index in [2.05, 4.69) is 54.4 Å². The molecule has 0 bridgehead atoms. The maximum absolute atomic E-state index is 3.69. The lowest BCUT2D eigenvalue weighted by molar-refractivity contribution is 0.261. The highest BCUT2D eigenvalue weighted by molar-refractivity contribution is 6.08. The topological polar surface area (TPSA) is 15.3 Å². The summed E-state index contributed by atoms with van der Waals surface area (Å²) in [7, 11) is 1.29. The minimum atomic E-state index is 0.522. The Labute approximate surface area is 109 Å². The summed E-state index contributed by atoms with van der Waals surface area (Å²) in [4.78, 5) is 2.42. The van der Waals surface area contributed by atoms with Crippen LogP contribution in [0.15, 0.2) is 30.3 Å². The lowest BCUT2D eigenvalue weighted by atomic mass is 10.1. The highest BCUT2D eigenvalue weighted by atomic mass is 28.1. The Morgan fingerprint density at radius 3 is 2.35 bits per heavy atom. The van der Waals surface area contributed by atoms with Crippen molar-refractivity contribution in [3.05, 3.63) is 35.9 Å². The van der Waals surface area contributed by atoms with Crippen molar-refractivity contribution in [1.29, 1.82) is 0 Å². The summed E-state index contributed by atoms with van der Waals surface area (Å²) in [6.45, 7) is 7.66. The number of benzene rings is 1. The van der Waals surface area contributed by atoms with Gasteiger partial charge in [0.25, 0.3) is 0 Å². The van der Waals surface area contributed by atoms with Crippen LogP contribution in [0, 0.1) is 0 Å². The van der Waals surface area contributed by atoms with Crippen molar-refractivity contribution in [2.75, 3.05) is 19.8 Å². The Morgan fingerprint density at radius 1 is 1.18 bits per heavy atom. The van der Waals surface area contributed by atoms with Gasteiger partial charge in [0, 0.05) is 23.0 Å². The van der Waals surface area contributed by atoms with E-state index < -0.39 is 0 Å². The summed E-state index contributed by atoms with van der Waals surface area (Å²) in [5.41, 5.74) is 1.43. The maximum atomic E-state index is 3.69. The van der Waals surface area contributed by atoms with Crippen LogP contribution in [0.25, 0.3) is 0 Å². The molecule has 2 nitrogen and oxygen atoms in total. The highest BCUT2D eigenvalue weighted by Crippen LogP contribution is 2.17. The SMILES string of the molecule is CCN(CC)CNC(CC[SiH3])c1ccccc1. The van der Waals surface area contributed by atoms with Crippen LogP contribution in [0.5, 0.6) is 0 Å². The first-order chi connectivity index (χ1) is 8.31. The molecule has 0 aliphatic rings. The fraction of sp³-hybridized carbons (Fsp3) is 0.571.